The summed E-state index contributed by atoms with van der Waals surface area (Å²) in [5.74, 6) is 0.0356. The first-order valence-electron chi connectivity index (χ1n) is 10.9. The van der Waals surface area contributed by atoms with Crippen molar-refractivity contribution in [1.82, 2.24) is 20.7 Å². The molecule has 3 N–H and O–H groups in total. The summed E-state index contributed by atoms with van der Waals surface area (Å²) in [4.78, 5) is 34.5. The maximum absolute atomic E-state index is 13.1. The Labute approximate surface area is 201 Å². The predicted molar refractivity (Wildman–Crippen MR) is 116 cm³/mol. The molecule has 2 aromatic heterocycles. The minimum atomic E-state index is -4.88. The lowest BCUT2D eigenvalue weighted by Crippen LogP contribution is -2.37. The van der Waals surface area contributed by atoms with Crippen molar-refractivity contribution >= 4 is 17.4 Å². The molecule has 0 spiro atoms. The standard InChI is InChI=1S/C21H24F6N6O3/c1-12(30-15-10-29-31-19(35)18(15)21(25,26)27)11-36-32-17(34)8-13-4-6-33(7-5-13)16-3-2-14(9-28-16)20(22,23)24/h2-3,9-10,12-13H,4-8,11H2,1H3,(H,32,34)(H2,30,31,35). The Hall–Kier alpha value is -3.36. The Bertz CT molecular complexity index is 1080. The lowest BCUT2D eigenvalue weighted by molar-refractivity contribution is -0.138. The van der Waals surface area contributed by atoms with Gasteiger partial charge in [-0.2, -0.15) is 31.4 Å². The minimum Gasteiger partial charge on any atom is -0.378 e. The van der Waals surface area contributed by atoms with Crippen molar-refractivity contribution in [2.24, 2.45) is 5.92 Å². The van der Waals surface area contributed by atoms with E-state index < -0.39 is 46.7 Å². The summed E-state index contributed by atoms with van der Waals surface area (Å²) in [5.41, 5.74) is -1.88. The van der Waals surface area contributed by atoms with Gasteiger partial charge in [0.2, 0.25) is 5.91 Å². The molecule has 0 aromatic carbocycles. The second-order valence-corrected chi connectivity index (χ2v) is 8.40. The molecule has 1 aliphatic heterocycles. The Kier molecular flexibility index (Phi) is 8.43. The molecule has 1 saturated heterocycles. The number of nitrogens with zero attached hydrogens (tertiary/aromatic N) is 3. The number of hydrogen-bond acceptors (Lipinski definition) is 7. The van der Waals surface area contributed by atoms with E-state index in [1.807, 2.05) is 4.90 Å². The molecule has 1 unspecified atom stereocenters. The zero-order chi connectivity index (χ0) is 26.5. The number of aromatic amines is 1. The summed E-state index contributed by atoms with van der Waals surface area (Å²) >= 11 is 0. The molecule has 198 valence electrons. The normalized spacial score (nSPS) is 16.0. The third-order valence-electron chi connectivity index (χ3n) is 5.55. The molecule has 3 heterocycles. The first-order valence-corrected chi connectivity index (χ1v) is 10.9. The second-order valence-electron chi connectivity index (χ2n) is 8.40. The molecular formula is C21H24F6N6O3. The van der Waals surface area contributed by atoms with Gasteiger partial charge >= 0.3 is 12.4 Å². The molecular weight excluding hydrogens is 498 g/mol. The van der Waals surface area contributed by atoms with Crippen LogP contribution in [0.1, 0.15) is 37.3 Å². The van der Waals surface area contributed by atoms with Crippen LogP contribution in [0.25, 0.3) is 0 Å². The summed E-state index contributed by atoms with van der Waals surface area (Å²) in [6, 6.07) is 1.60. The number of aromatic nitrogens is 3. The third kappa shape index (κ3) is 7.32. The molecule has 2 aromatic rings. The molecule has 3 rings (SSSR count). The van der Waals surface area contributed by atoms with Crippen LogP contribution in [0.15, 0.2) is 29.3 Å². The van der Waals surface area contributed by atoms with Crippen LogP contribution in [0.4, 0.5) is 37.8 Å². The number of halogens is 6. The number of rotatable bonds is 8. The number of carbonyl (C=O) groups excluding carboxylic acids is 1. The molecule has 0 saturated carbocycles. The molecule has 1 atom stereocenters. The number of piperidine rings is 1. The van der Waals surface area contributed by atoms with Gasteiger partial charge in [0.25, 0.3) is 5.56 Å². The highest BCUT2D eigenvalue weighted by Gasteiger charge is 2.37. The predicted octanol–water partition coefficient (Wildman–Crippen LogP) is 3.36. The van der Waals surface area contributed by atoms with E-state index in [-0.39, 0.29) is 18.9 Å². The number of anilines is 2. The first kappa shape index (κ1) is 27.2. The summed E-state index contributed by atoms with van der Waals surface area (Å²) in [6.07, 6.45) is -6.33. The van der Waals surface area contributed by atoms with Gasteiger partial charge in [-0.3, -0.25) is 14.4 Å². The number of carbonyl (C=O) groups is 1. The Morgan fingerprint density at radius 2 is 1.86 bits per heavy atom. The second kappa shape index (κ2) is 11.1. The van der Waals surface area contributed by atoms with Crippen molar-refractivity contribution in [3.63, 3.8) is 0 Å². The topological polar surface area (TPSA) is 112 Å². The van der Waals surface area contributed by atoms with Crippen molar-refractivity contribution in [2.45, 2.75) is 44.6 Å². The van der Waals surface area contributed by atoms with E-state index in [0.29, 0.717) is 31.7 Å². The van der Waals surface area contributed by atoms with Crippen molar-refractivity contribution in [2.75, 3.05) is 29.9 Å². The van der Waals surface area contributed by atoms with Gasteiger partial charge in [0.1, 0.15) is 11.4 Å². The fraction of sp³-hybridized carbons (Fsp3) is 0.524. The highest BCUT2D eigenvalue weighted by atomic mass is 19.4. The van der Waals surface area contributed by atoms with Crippen LogP contribution in [0.3, 0.4) is 0 Å². The quantitative estimate of drug-likeness (QED) is 0.360. The van der Waals surface area contributed by atoms with Gasteiger partial charge < -0.3 is 10.2 Å². The average Bonchev–Trinajstić information content (AvgIpc) is 2.78. The van der Waals surface area contributed by atoms with Gasteiger partial charge in [0.15, 0.2) is 0 Å². The summed E-state index contributed by atoms with van der Waals surface area (Å²) in [5, 5.41) is 7.59. The lowest BCUT2D eigenvalue weighted by atomic mass is 9.93. The van der Waals surface area contributed by atoms with E-state index in [1.165, 1.54) is 13.0 Å². The van der Waals surface area contributed by atoms with E-state index in [2.05, 4.69) is 20.9 Å². The van der Waals surface area contributed by atoms with Crippen LogP contribution in [0.2, 0.25) is 0 Å². The Balaban J connectivity index is 1.40. The van der Waals surface area contributed by atoms with Gasteiger partial charge in [0, 0.05) is 31.7 Å². The van der Waals surface area contributed by atoms with Gasteiger partial charge in [-0.25, -0.2) is 15.6 Å². The maximum Gasteiger partial charge on any atom is 0.423 e. The molecule has 0 aliphatic carbocycles. The Morgan fingerprint density at radius 3 is 2.44 bits per heavy atom. The summed E-state index contributed by atoms with van der Waals surface area (Å²) < 4.78 is 77.3. The number of alkyl halides is 6. The fourth-order valence-corrected chi connectivity index (χ4v) is 3.75. The van der Waals surface area contributed by atoms with Crippen molar-refractivity contribution in [3.05, 3.63) is 46.0 Å². The fourth-order valence-electron chi connectivity index (χ4n) is 3.75. The smallest absolute Gasteiger partial charge is 0.378 e. The van der Waals surface area contributed by atoms with Gasteiger partial charge in [0.05, 0.1) is 24.1 Å². The Morgan fingerprint density at radius 1 is 1.17 bits per heavy atom. The average molecular weight is 522 g/mol. The van der Waals surface area contributed by atoms with Gasteiger partial charge in [-0.15, -0.1) is 0 Å². The molecule has 9 nitrogen and oxygen atoms in total. The van der Waals surface area contributed by atoms with Gasteiger partial charge in [-0.05, 0) is 37.8 Å². The molecule has 0 bridgehead atoms. The van der Waals surface area contributed by atoms with E-state index in [0.717, 1.165) is 18.5 Å². The molecule has 0 radical (unpaired) electrons. The lowest BCUT2D eigenvalue weighted by Gasteiger charge is -2.32. The number of nitrogens with one attached hydrogen (secondary N) is 3. The summed E-state index contributed by atoms with van der Waals surface area (Å²) in [7, 11) is 0. The van der Waals surface area contributed by atoms with Crippen LogP contribution in [-0.4, -0.2) is 46.8 Å². The van der Waals surface area contributed by atoms with Crippen LogP contribution < -0.4 is 21.3 Å². The first-order chi connectivity index (χ1) is 16.8. The van der Waals surface area contributed by atoms with E-state index in [9.17, 15) is 35.9 Å². The van der Waals surface area contributed by atoms with Crippen LogP contribution in [0.5, 0.6) is 0 Å². The van der Waals surface area contributed by atoms with Crippen molar-refractivity contribution in [3.8, 4) is 0 Å². The van der Waals surface area contributed by atoms with Crippen LogP contribution >= 0.6 is 0 Å². The number of pyridine rings is 1. The van der Waals surface area contributed by atoms with Crippen molar-refractivity contribution < 1.29 is 36.0 Å². The highest BCUT2D eigenvalue weighted by Crippen LogP contribution is 2.32. The van der Waals surface area contributed by atoms with Crippen molar-refractivity contribution in [1.29, 1.82) is 0 Å². The minimum absolute atomic E-state index is 0.0197. The van der Waals surface area contributed by atoms with Crippen LogP contribution in [0, 0.1) is 5.92 Å². The number of amides is 1. The van der Waals surface area contributed by atoms with E-state index in [1.54, 1.807) is 5.10 Å². The molecule has 36 heavy (non-hydrogen) atoms. The zero-order valence-electron chi connectivity index (χ0n) is 19.0. The van der Waals surface area contributed by atoms with Gasteiger partial charge in [-0.1, -0.05) is 0 Å². The SMILES string of the molecule is CC(CONC(=O)CC1CCN(c2ccc(C(F)(F)F)cn2)CC1)Nc1cn[nH]c(=O)c1C(F)(F)F. The zero-order valence-corrected chi connectivity index (χ0v) is 19.0. The highest BCUT2D eigenvalue weighted by molar-refractivity contribution is 5.75. The van der Waals surface area contributed by atoms with E-state index >= 15 is 0 Å². The monoisotopic (exact) mass is 522 g/mol. The molecule has 1 amide bonds. The van der Waals surface area contributed by atoms with E-state index in [4.69, 9.17) is 4.84 Å². The number of hydroxylamine groups is 1. The molecule has 1 fully saturated rings. The summed E-state index contributed by atoms with van der Waals surface area (Å²) in [6.45, 7) is 2.35. The maximum atomic E-state index is 13.1. The molecule has 15 heteroatoms. The molecule has 1 aliphatic rings. The third-order valence-corrected chi connectivity index (χ3v) is 5.55. The van der Waals surface area contributed by atoms with Crippen LogP contribution in [-0.2, 0) is 22.0 Å². The largest absolute Gasteiger partial charge is 0.423 e. The number of H-pyrrole nitrogens is 1. The number of hydrogen-bond donors (Lipinski definition) is 3.